The lowest BCUT2D eigenvalue weighted by molar-refractivity contribution is 0.346. The molecule has 0 saturated heterocycles. The van der Waals surface area contributed by atoms with Crippen LogP contribution in [0.15, 0.2) is 35.3 Å². The number of hydrogen-bond acceptors (Lipinski definition) is 4. The molecule has 3 rings (SSSR count). The van der Waals surface area contributed by atoms with E-state index >= 15 is 0 Å². The van der Waals surface area contributed by atoms with Gasteiger partial charge >= 0.3 is 0 Å². The molecule has 2 aromatic carbocycles. The topological polar surface area (TPSA) is 66.3 Å². The molecule has 0 fully saturated rings. The number of benzene rings is 2. The summed E-state index contributed by atoms with van der Waals surface area (Å²) in [5, 5.41) is 12.6. The number of guanidine groups is 1. The predicted molar refractivity (Wildman–Crippen MR) is 107 cm³/mol. The van der Waals surface area contributed by atoms with Crippen LogP contribution in [0.1, 0.15) is 23.6 Å². The summed E-state index contributed by atoms with van der Waals surface area (Å²) in [7, 11) is 3.27. The average Bonchev–Trinajstić information content (AvgIpc) is 2.72. The second-order valence-electron chi connectivity index (χ2n) is 6.60. The monoisotopic (exact) mass is 387 g/mol. The summed E-state index contributed by atoms with van der Waals surface area (Å²) in [5.74, 6) is 1.24. The number of nitrogens with zero attached hydrogens (tertiary/aromatic N) is 2. The third kappa shape index (κ3) is 4.30. The van der Waals surface area contributed by atoms with E-state index in [2.05, 4.69) is 15.2 Å². The molecule has 28 heavy (non-hydrogen) atoms. The van der Waals surface area contributed by atoms with Crippen molar-refractivity contribution in [3.8, 4) is 17.2 Å². The van der Waals surface area contributed by atoms with E-state index in [1.807, 2.05) is 19.1 Å². The van der Waals surface area contributed by atoms with Gasteiger partial charge in [-0.1, -0.05) is 6.07 Å². The molecule has 0 spiro atoms. The van der Waals surface area contributed by atoms with Crippen molar-refractivity contribution in [2.75, 3.05) is 27.3 Å². The second-order valence-corrected chi connectivity index (χ2v) is 6.60. The van der Waals surface area contributed by atoms with Crippen molar-refractivity contribution in [1.29, 1.82) is 0 Å². The second kappa shape index (κ2) is 8.82. The van der Waals surface area contributed by atoms with Crippen molar-refractivity contribution in [3.05, 3.63) is 52.8 Å². The first-order valence-electron chi connectivity index (χ1n) is 9.30. The van der Waals surface area contributed by atoms with Gasteiger partial charge in [-0.25, -0.2) is 9.38 Å². The van der Waals surface area contributed by atoms with Crippen LogP contribution in [-0.4, -0.2) is 43.3 Å². The molecular formula is C21H26FN3O3. The minimum absolute atomic E-state index is 0.328. The molecule has 0 bridgehead atoms. The average molecular weight is 387 g/mol. The first kappa shape index (κ1) is 19.8. The lowest BCUT2D eigenvalue weighted by Crippen LogP contribution is -2.44. The Morgan fingerprint density at radius 2 is 1.89 bits per heavy atom. The smallest absolute Gasteiger partial charge is 0.194 e. The van der Waals surface area contributed by atoms with E-state index in [0.29, 0.717) is 24.4 Å². The van der Waals surface area contributed by atoms with E-state index in [4.69, 9.17) is 9.47 Å². The number of nitrogens with one attached hydrogen (secondary N) is 1. The molecule has 7 heteroatoms. The number of aromatic hydroxyl groups is 1. The first-order chi connectivity index (χ1) is 13.5. The van der Waals surface area contributed by atoms with E-state index < -0.39 is 5.82 Å². The number of rotatable bonds is 5. The maximum Gasteiger partial charge on any atom is 0.194 e. The van der Waals surface area contributed by atoms with Gasteiger partial charge in [0.15, 0.2) is 29.0 Å². The first-order valence-corrected chi connectivity index (χ1v) is 9.30. The Morgan fingerprint density at radius 1 is 1.18 bits per heavy atom. The maximum absolute atomic E-state index is 13.6. The van der Waals surface area contributed by atoms with Crippen molar-refractivity contribution in [1.82, 2.24) is 10.2 Å². The highest BCUT2D eigenvalue weighted by atomic mass is 19.1. The predicted octanol–water partition coefficient (Wildman–Crippen LogP) is 3.07. The molecule has 0 radical (unpaired) electrons. The van der Waals surface area contributed by atoms with Crippen LogP contribution < -0.4 is 14.8 Å². The molecular weight excluding hydrogens is 361 g/mol. The molecule has 0 unspecified atom stereocenters. The number of fused-ring (bicyclic) bond motifs is 1. The number of ether oxygens (including phenoxy) is 2. The number of methoxy groups -OCH3 is 2. The summed E-state index contributed by atoms with van der Waals surface area (Å²) in [4.78, 5) is 6.83. The molecule has 1 aliphatic rings. The van der Waals surface area contributed by atoms with Gasteiger partial charge < -0.3 is 24.8 Å². The van der Waals surface area contributed by atoms with Crippen LogP contribution in [0.2, 0.25) is 0 Å². The molecule has 1 heterocycles. The van der Waals surface area contributed by atoms with Crippen LogP contribution in [0.3, 0.4) is 0 Å². The van der Waals surface area contributed by atoms with Gasteiger partial charge in [-0.2, -0.15) is 0 Å². The summed E-state index contributed by atoms with van der Waals surface area (Å²) in [5.41, 5.74) is 3.12. The lowest BCUT2D eigenvalue weighted by Gasteiger charge is -2.32. The number of hydrogen-bond donors (Lipinski definition) is 2. The highest BCUT2D eigenvalue weighted by molar-refractivity contribution is 5.80. The molecule has 0 aliphatic carbocycles. The Hall–Kier alpha value is -2.96. The van der Waals surface area contributed by atoms with E-state index in [1.54, 1.807) is 20.3 Å². The Morgan fingerprint density at radius 3 is 2.54 bits per heavy atom. The fraction of sp³-hybridized carbons (Fsp3) is 0.381. The zero-order chi connectivity index (χ0) is 20.1. The third-order valence-electron chi connectivity index (χ3n) is 4.78. The van der Waals surface area contributed by atoms with Crippen molar-refractivity contribution in [2.45, 2.75) is 26.4 Å². The van der Waals surface area contributed by atoms with Crippen LogP contribution in [-0.2, 0) is 19.5 Å². The molecule has 1 aliphatic heterocycles. The zero-order valence-corrected chi connectivity index (χ0v) is 16.5. The summed E-state index contributed by atoms with van der Waals surface area (Å²) < 4.78 is 24.4. The summed E-state index contributed by atoms with van der Waals surface area (Å²) in [6.07, 6.45) is 0.869. The number of aliphatic imine (C=N–C) groups is 1. The van der Waals surface area contributed by atoms with Crippen molar-refractivity contribution in [3.63, 3.8) is 0 Å². The fourth-order valence-corrected chi connectivity index (χ4v) is 3.30. The van der Waals surface area contributed by atoms with Crippen molar-refractivity contribution >= 4 is 5.96 Å². The van der Waals surface area contributed by atoms with Gasteiger partial charge in [0, 0.05) is 19.6 Å². The summed E-state index contributed by atoms with van der Waals surface area (Å²) in [6.45, 7) is 4.60. The highest BCUT2D eigenvalue weighted by Gasteiger charge is 2.21. The van der Waals surface area contributed by atoms with Gasteiger partial charge in [-0.05, 0) is 54.3 Å². The summed E-state index contributed by atoms with van der Waals surface area (Å²) in [6, 6.07) is 8.39. The Kier molecular flexibility index (Phi) is 6.23. The molecule has 2 N–H and O–H groups in total. The fourth-order valence-electron chi connectivity index (χ4n) is 3.30. The normalized spacial score (nSPS) is 13.9. The van der Waals surface area contributed by atoms with Crippen LogP contribution in [0.25, 0.3) is 0 Å². The maximum atomic E-state index is 13.6. The van der Waals surface area contributed by atoms with Gasteiger partial charge in [-0.15, -0.1) is 0 Å². The van der Waals surface area contributed by atoms with Crippen LogP contribution in [0.4, 0.5) is 4.39 Å². The van der Waals surface area contributed by atoms with Gasteiger partial charge in [0.1, 0.15) is 0 Å². The Labute approximate surface area is 164 Å². The van der Waals surface area contributed by atoms with Gasteiger partial charge in [0.05, 0.1) is 20.8 Å². The van der Waals surface area contributed by atoms with E-state index in [9.17, 15) is 9.50 Å². The van der Waals surface area contributed by atoms with E-state index in [1.165, 1.54) is 23.3 Å². The van der Waals surface area contributed by atoms with E-state index in [-0.39, 0.29) is 5.75 Å². The molecule has 0 amide bonds. The van der Waals surface area contributed by atoms with Gasteiger partial charge in [0.25, 0.3) is 0 Å². The van der Waals surface area contributed by atoms with Crippen LogP contribution in [0, 0.1) is 5.82 Å². The molecule has 2 aromatic rings. The van der Waals surface area contributed by atoms with Crippen LogP contribution in [0.5, 0.6) is 17.2 Å². The largest absolute Gasteiger partial charge is 0.505 e. The standard InChI is InChI=1S/C21H26FN3O3/c1-4-23-21(24-12-14-5-6-18(26)17(22)9-14)25-8-7-15-10-19(27-2)20(28-3)11-16(15)13-25/h5-6,9-11,26H,4,7-8,12-13H2,1-3H3,(H,23,24). The molecule has 0 atom stereocenters. The zero-order valence-electron chi connectivity index (χ0n) is 16.5. The quantitative estimate of drug-likeness (QED) is 0.610. The highest BCUT2D eigenvalue weighted by Crippen LogP contribution is 2.33. The molecule has 6 nitrogen and oxygen atoms in total. The lowest BCUT2D eigenvalue weighted by atomic mass is 9.99. The van der Waals surface area contributed by atoms with Crippen molar-refractivity contribution < 1.29 is 19.0 Å². The van der Waals surface area contributed by atoms with Gasteiger partial charge in [0.2, 0.25) is 0 Å². The number of phenolic OH excluding ortho intramolecular Hbond substituents is 1. The number of halogens is 1. The summed E-state index contributed by atoms with van der Waals surface area (Å²) >= 11 is 0. The molecule has 0 aromatic heterocycles. The van der Waals surface area contributed by atoms with Crippen LogP contribution >= 0.6 is 0 Å². The van der Waals surface area contributed by atoms with E-state index in [0.717, 1.165) is 31.2 Å². The third-order valence-corrected chi connectivity index (χ3v) is 4.78. The molecule has 0 saturated carbocycles. The van der Waals surface area contributed by atoms with Crippen molar-refractivity contribution in [2.24, 2.45) is 4.99 Å². The minimum atomic E-state index is -0.634. The Bertz CT molecular complexity index is 870. The van der Waals surface area contributed by atoms with Gasteiger partial charge in [-0.3, -0.25) is 0 Å². The minimum Gasteiger partial charge on any atom is -0.505 e. The number of phenols is 1. The molecule has 150 valence electrons. The Balaban J connectivity index is 1.80. The SMILES string of the molecule is CCNC(=NCc1ccc(O)c(F)c1)N1CCc2cc(OC)c(OC)cc2C1.